The Morgan fingerprint density at radius 2 is 0.872 bits per heavy atom. The summed E-state index contributed by atoms with van der Waals surface area (Å²) in [6.45, 7) is 8.48. The molecular weight excluding hydrogens is 537 g/mol. The highest BCUT2D eigenvalue weighted by Crippen LogP contribution is 2.46. The standard InChI is InChI=1S/C32H24N4S3/c1-17-5-11-21(12-6-17)27-28(22-13-7-18(2)8-14-22)34-30-26(24-16-10-20(4)38-24)32-31(35-39-36-32)25(29(30)33-27)23-15-9-19(3)37-23/h5-16H,1-4H3. The number of benzene rings is 3. The van der Waals surface area contributed by atoms with Gasteiger partial charge in [-0.1, -0.05) is 59.7 Å². The minimum Gasteiger partial charge on any atom is -0.243 e. The molecule has 4 heterocycles. The molecule has 0 aliphatic heterocycles. The average molecular weight is 561 g/mol. The second-order valence-electron chi connectivity index (χ2n) is 9.88. The molecule has 0 fully saturated rings. The summed E-state index contributed by atoms with van der Waals surface area (Å²) in [4.78, 5) is 15.7. The summed E-state index contributed by atoms with van der Waals surface area (Å²) in [5.74, 6) is 0. The maximum atomic E-state index is 5.47. The maximum absolute atomic E-state index is 5.47. The normalized spacial score (nSPS) is 11.6. The van der Waals surface area contributed by atoms with E-state index in [0.717, 1.165) is 65.5 Å². The topological polar surface area (TPSA) is 51.6 Å². The molecule has 7 aromatic rings. The molecule has 0 N–H and O–H groups in total. The van der Waals surface area contributed by atoms with Gasteiger partial charge < -0.3 is 0 Å². The van der Waals surface area contributed by atoms with Gasteiger partial charge in [-0.3, -0.25) is 0 Å². The molecule has 39 heavy (non-hydrogen) atoms. The molecule has 0 aliphatic rings. The number of nitrogens with zero attached hydrogens (tertiary/aromatic N) is 4. The van der Waals surface area contributed by atoms with E-state index in [-0.39, 0.29) is 0 Å². The number of thiophene rings is 2. The monoisotopic (exact) mass is 560 g/mol. The SMILES string of the molecule is Cc1ccc(-c2nc3c(-c4ccc(C)s4)c4nsnc4c(-c4ccc(C)s4)c3nc2-c2ccc(C)cc2)cc1. The first kappa shape index (κ1) is 24.3. The van der Waals surface area contributed by atoms with Crippen molar-refractivity contribution in [3.8, 4) is 43.4 Å². The third kappa shape index (κ3) is 4.18. The lowest BCUT2D eigenvalue weighted by Gasteiger charge is -2.15. The van der Waals surface area contributed by atoms with E-state index in [0.29, 0.717) is 0 Å². The maximum Gasteiger partial charge on any atom is 0.116 e. The second kappa shape index (κ2) is 9.45. The number of aryl methyl sites for hydroxylation is 4. The van der Waals surface area contributed by atoms with Crippen LogP contribution in [0.15, 0.2) is 72.8 Å². The third-order valence-electron chi connectivity index (χ3n) is 6.96. The van der Waals surface area contributed by atoms with E-state index in [1.165, 1.54) is 32.6 Å². The van der Waals surface area contributed by atoms with E-state index in [2.05, 4.69) is 100 Å². The molecule has 0 amide bonds. The molecule has 0 aliphatic carbocycles. The van der Waals surface area contributed by atoms with Crippen molar-refractivity contribution in [2.75, 3.05) is 0 Å². The first-order valence-corrected chi connectivity index (χ1v) is 15.1. The summed E-state index contributed by atoms with van der Waals surface area (Å²) in [5.41, 5.74) is 11.8. The summed E-state index contributed by atoms with van der Waals surface area (Å²) in [6, 6.07) is 25.8. The molecule has 190 valence electrons. The van der Waals surface area contributed by atoms with E-state index >= 15 is 0 Å². The van der Waals surface area contributed by atoms with Crippen LogP contribution in [0.1, 0.15) is 20.9 Å². The van der Waals surface area contributed by atoms with Crippen LogP contribution in [-0.2, 0) is 0 Å². The lowest BCUT2D eigenvalue weighted by molar-refractivity contribution is 1.29. The van der Waals surface area contributed by atoms with Crippen molar-refractivity contribution < 1.29 is 0 Å². The molecule has 0 bridgehead atoms. The van der Waals surface area contributed by atoms with E-state index in [1.807, 2.05) is 0 Å². The quantitative estimate of drug-likeness (QED) is 0.215. The molecule has 4 aromatic heterocycles. The predicted octanol–water partition coefficient (Wildman–Crippen LogP) is 9.66. The lowest BCUT2D eigenvalue weighted by Crippen LogP contribution is -1.99. The Kier molecular flexibility index (Phi) is 5.88. The van der Waals surface area contributed by atoms with Gasteiger partial charge in [-0.05, 0) is 52.0 Å². The molecule has 0 atom stereocenters. The van der Waals surface area contributed by atoms with Crippen molar-refractivity contribution in [2.45, 2.75) is 27.7 Å². The second-order valence-corrected chi connectivity index (χ2v) is 13.0. The van der Waals surface area contributed by atoms with Crippen molar-refractivity contribution in [3.05, 3.63) is 93.7 Å². The highest BCUT2D eigenvalue weighted by Gasteiger charge is 2.26. The number of hydrogen-bond donors (Lipinski definition) is 0. The van der Waals surface area contributed by atoms with Crippen molar-refractivity contribution >= 4 is 56.5 Å². The lowest BCUT2D eigenvalue weighted by atomic mass is 9.98. The van der Waals surface area contributed by atoms with Gasteiger partial charge in [-0.25, -0.2) is 9.97 Å². The summed E-state index contributed by atoms with van der Waals surface area (Å²) in [5, 5.41) is 0. The molecule has 0 saturated heterocycles. The van der Waals surface area contributed by atoms with E-state index in [9.17, 15) is 0 Å². The zero-order valence-electron chi connectivity index (χ0n) is 21.9. The molecule has 4 nitrogen and oxygen atoms in total. The molecule has 7 rings (SSSR count). The number of hydrogen-bond acceptors (Lipinski definition) is 7. The molecule has 0 unspecified atom stereocenters. The van der Waals surface area contributed by atoms with Crippen molar-refractivity contribution in [3.63, 3.8) is 0 Å². The highest BCUT2D eigenvalue weighted by molar-refractivity contribution is 7.16. The summed E-state index contributed by atoms with van der Waals surface area (Å²) in [7, 11) is 0. The minimum absolute atomic E-state index is 0.865. The van der Waals surface area contributed by atoms with E-state index in [1.54, 1.807) is 22.7 Å². The first-order valence-electron chi connectivity index (χ1n) is 12.7. The number of rotatable bonds is 4. The van der Waals surface area contributed by atoms with Crippen molar-refractivity contribution in [1.82, 2.24) is 18.7 Å². The summed E-state index contributed by atoms with van der Waals surface area (Å²) >= 11 is 4.77. The molecule has 3 aromatic carbocycles. The third-order valence-corrected chi connectivity index (χ3v) is 9.52. The smallest absolute Gasteiger partial charge is 0.116 e. The van der Waals surface area contributed by atoms with Crippen LogP contribution in [-0.4, -0.2) is 18.7 Å². The number of fused-ring (bicyclic) bond motifs is 2. The van der Waals surface area contributed by atoms with Gasteiger partial charge in [0.15, 0.2) is 0 Å². The first-order chi connectivity index (χ1) is 19.0. The Hall–Kier alpha value is -3.78. The van der Waals surface area contributed by atoms with Gasteiger partial charge in [0.25, 0.3) is 0 Å². The van der Waals surface area contributed by atoms with Gasteiger partial charge >= 0.3 is 0 Å². The van der Waals surface area contributed by atoms with Gasteiger partial charge in [0.05, 0.1) is 23.1 Å². The van der Waals surface area contributed by atoms with Gasteiger partial charge in [-0.2, -0.15) is 8.75 Å². The fraction of sp³-hybridized carbons (Fsp3) is 0.125. The van der Waals surface area contributed by atoms with E-state index in [4.69, 9.17) is 18.7 Å². The Bertz CT molecular complexity index is 1850. The minimum atomic E-state index is 0.865. The van der Waals surface area contributed by atoms with Crippen LogP contribution in [0, 0.1) is 27.7 Å². The summed E-state index contributed by atoms with van der Waals surface area (Å²) < 4.78 is 9.65. The molecule has 7 heteroatoms. The van der Waals surface area contributed by atoms with Crippen molar-refractivity contribution in [1.29, 1.82) is 0 Å². The van der Waals surface area contributed by atoms with Crippen LogP contribution in [0.2, 0.25) is 0 Å². The largest absolute Gasteiger partial charge is 0.243 e. The number of aromatic nitrogens is 4. The van der Waals surface area contributed by atoms with Crippen molar-refractivity contribution in [2.24, 2.45) is 0 Å². The zero-order valence-corrected chi connectivity index (χ0v) is 24.4. The van der Waals surface area contributed by atoms with Gasteiger partial charge in [0.1, 0.15) is 22.1 Å². The molecule has 0 spiro atoms. The molecule has 0 saturated carbocycles. The predicted molar refractivity (Wildman–Crippen MR) is 167 cm³/mol. The zero-order chi connectivity index (χ0) is 26.7. The fourth-order valence-electron chi connectivity index (χ4n) is 4.95. The average Bonchev–Trinajstić information content (AvgIpc) is 3.69. The van der Waals surface area contributed by atoms with Crippen LogP contribution in [0.25, 0.3) is 65.5 Å². The Morgan fingerprint density at radius 3 is 1.23 bits per heavy atom. The van der Waals surface area contributed by atoms with Crippen LogP contribution >= 0.6 is 34.4 Å². The van der Waals surface area contributed by atoms with Crippen LogP contribution in [0.3, 0.4) is 0 Å². The van der Waals surface area contributed by atoms with E-state index < -0.39 is 0 Å². The van der Waals surface area contributed by atoms with Gasteiger partial charge in [0.2, 0.25) is 0 Å². The van der Waals surface area contributed by atoms with Gasteiger partial charge in [-0.15, -0.1) is 22.7 Å². The Morgan fingerprint density at radius 1 is 0.462 bits per heavy atom. The van der Waals surface area contributed by atoms with Crippen LogP contribution < -0.4 is 0 Å². The Balaban J connectivity index is 1.67. The fourth-order valence-corrected chi connectivity index (χ4v) is 7.34. The van der Waals surface area contributed by atoms with Crippen LogP contribution in [0.5, 0.6) is 0 Å². The summed E-state index contributed by atoms with van der Waals surface area (Å²) in [6.07, 6.45) is 0. The van der Waals surface area contributed by atoms with Gasteiger partial charge in [0, 0.05) is 41.8 Å². The van der Waals surface area contributed by atoms with Crippen LogP contribution in [0.4, 0.5) is 0 Å². The molecule has 0 radical (unpaired) electrons. The molecular formula is C32H24N4S3. The Labute approximate surface area is 239 Å². The highest BCUT2D eigenvalue weighted by atomic mass is 32.1.